The second-order valence-electron chi connectivity index (χ2n) is 4.22. The lowest BCUT2D eigenvalue weighted by atomic mass is 10.3. The second kappa shape index (κ2) is 7.05. The molecule has 0 saturated heterocycles. The molecule has 0 aliphatic rings. The van der Waals surface area contributed by atoms with Crippen molar-refractivity contribution in [1.82, 2.24) is 9.88 Å². The molecule has 0 saturated carbocycles. The highest BCUT2D eigenvalue weighted by Gasteiger charge is 2.04. The van der Waals surface area contributed by atoms with Crippen molar-refractivity contribution in [3.63, 3.8) is 0 Å². The molecule has 0 bridgehead atoms. The Morgan fingerprint density at radius 1 is 1.26 bits per heavy atom. The van der Waals surface area contributed by atoms with Crippen LogP contribution in [0.5, 0.6) is 0 Å². The van der Waals surface area contributed by atoms with Gasteiger partial charge in [-0.05, 0) is 31.3 Å². The molecule has 0 radical (unpaired) electrons. The van der Waals surface area contributed by atoms with Crippen molar-refractivity contribution >= 4 is 11.3 Å². The molecule has 4 heteroatoms. The van der Waals surface area contributed by atoms with Gasteiger partial charge in [0.1, 0.15) is 6.61 Å². The Balaban J connectivity index is 1.92. The Morgan fingerprint density at radius 3 is 2.89 bits per heavy atom. The van der Waals surface area contributed by atoms with E-state index in [0.717, 1.165) is 23.7 Å². The third kappa shape index (κ3) is 4.49. The van der Waals surface area contributed by atoms with Crippen LogP contribution in [-0.2, 0) is 13.1 Å². The van der Waals surface area contributed by atoms with E-state index in [9.17, 15) is 0 Å². The average molecular weight is 272 g/mol. The third-order valence-electron chi connectivity index (χ3n) is 2.54. The van der Waals surface area contributed by atoms with Crippen LogP contribution in [0, 0.1) is 11.8 Å². The lowest BCUT2D eigenvalue weighted by molar-refractivity contribution is 0.318. The maximum atomic E-state index is 8.66. The first-order chi connectivity index (χ1) is 9.28. The zero-order valence-corrected chi connectivity index (χ0v) is 11.7. The van der Waals surface area contributed by atoms with E-state index < -0.39 is 0 Å². The number of hydrogen-bond acceptors (Lipinski definition) is 4. The van der Waals surface area contributed by atoms with E-state index >= 15 is 0 Å². The molecule has 19 heavy (non-hydrogen) atoms. The summed E-state index contributed by atoms with van der Waals surface area (Å²) in [6.07, 6.45) is 1.82. The first kappa shape index (κ1) is 13.8. The Hall–Kier alpha value is -1.67. The molecule has 0 amide bonds. The van der Waals surface area contributed by atoms with Crippen molar-refractivity contribution in [1.29, 1.82) is 0 Å². The van der Waals surface area contributed by atoms with E-state index in [4.69, 9.17) is 5.11 Å². The predicted octanol–water partition coefficient (Wildman–Crippen LogP) is 2.12. The van der Waals surface area contributed by atoms with E-state index in [1.165, 1.54) is 4.88 Å². The van der Waals surface area contributed by atoms with Crippen molar-refractivity contribution in [2.75, 3.05) is 13.7 Å². The van der Waals surface area contributed by atoms with Gasteiger partial charge in [0.25, 0.3) is 0 Å². The van der Waals surface area contributed by atoms with Gasteiger partial charge in [0.2, 0.25) is 0 Å². The molecule has 2 aromatic heterocycles. The minimum absolute atomic E-state index is 0.0905. The van der Waals surface area contributed by atoms with Crippen LogP contribution >= 0.6 is 11.3 Å². The topological polar surface area (TPSA) is 36.4 Å². The Labute approximate surface area is 117 Å². The quantitative estimate of drug-likeness (QED) is 0.866. The van der Waals surface area contributed by atoms with Crippen LogP contribution in [0.2, 0.25) is 0 Å². The predicted molar refractivity (Wildman–Crippen MR) is 77.7 cm³/mol. The normalized spacial score (nSPS) is 10.3. The average Bonchev–Trinajstić information content (AvgIpc) is 2.85. The zero-order valence-electron chi connectivity index (χ0n) is 10.8. The van der Waals surface area contributed by atoms with Crippen LogP contribution in [0.25, 0.3) is 0 Å². The van der Waals surface area contributed by atoms with Crippen molar-refractivity contribution < 1.29 is 5.11 Å². The summed E-state index contributed by atoms with van der Waals surface area (Å²) in [6, 6.07) is 10.0. The highest BCUT2D eigenvalue weighted by molar-refractivity contribution is 7.12. The van der Waals surface area contributed by atoms with Gasteiger partial charge in [-0.25, -0.2) is 0 Å². The van der Waals surface area contributed by atoms with Crippen molar-refractivity contribution in [3.8, 4) is 11.8 Å². The maximum Gasteiger partial charge on any atom is 0.104 e. The molecule has 3 nitrogen and oxygen atoms in total. The summed E-state index contributed by atoms with van der Waals surface area (Å²) in [5.74, 6) is 5.59. The van der Waals surface area contributed by atoms with Crippen LogP contribution in [0.15, 0.2) is 36.5 Å². The fourth-order valence-corrected chi connectivity index (χ4v) is 2.71. The van der Waals surface area contributed by atoms with Gasteiger partial charge in [0.15, 0.2) is 0 Å². The van der Waals surface area contributed by atoms with Gasteiger partial charge in [-0.1, -0.05) is 17.9 Å². The summed E-state index contributed by atoms with van der Waals surface area (Å²) >= 11 is 1.66. The lowest BCUT2D eigenvalue weighted by Crippen LogP contribution is -2.17. The Kier molecular flexibility index (Phi) is 5.10. The number of aromatic nitrogens is 1. The molecule has 0 atom stereocenters. The third-order valence-corrected chi connectivity index (χ3v) is 3.52. The first-order valence-corrected chi connectivity index (χ1v) is 6.86. The standard InChI is InChI=1S/C15H16N2OS/c1-17(11-13-5-2-3-9-16-13)12-15-8-7-14(19-15)6-4-10-18/h2-3,5,7-9,18H,10-12H2,1H3. The highest BCUT2D eigenvalue weighted by atomic mass is 32.1. The van der Waals surface area contributed by atoms with Gasteiger partial charge in [-0.2, -0.15) is 0 Å². The number of aliphatic hydroxyl groups excluding tert-OH is 1. The molecule has 2 rings (SSSR count). The summed E-state index contributed by atoms with van der Waals surface area (Å²) < 4.78 is 0. The fourth-order valence-electron chi connectivity index (χ4n) is 1.75. The minimum atomic E-state index is -0.0905. The molecule has 2 aromatic rings. The molecule has 0 spiro atoms. The number of hydrogen-bond donors (Lipinski definition) is 1. The molecule has 0 aliphatic heterocycles. The largest absolute Gasteiger partial charge is 0.384 e. The van der Waals surface area contributed by atoms with Crippen LogP contribution in [-0.4, -0.2) is 28.6 Å². The highest BCUT2D eigenvalue weighted by Crippen LogP contribution is 2.17. The van der Waals surface area contributed by atoms with Gasteiger partial charge in [0.05, 0.1) is 10.6 Å². The van der Waals surface area contributed by atoms with Crippen LogP contribution < -0.4 is 0 Å². The molecule has 0 unspecified atom stereocenters. The summed E-state index contributed by atoms with van der Waals surface area (Å²) in [6.45, 7) is 1.62. The summed E-state index contributed by atoms with van der Waals surface area (Å²) in [4.78, 5) is 8.80. The minimum Gasteiger partial charge on any atom is -0.384 e. The number of thiophene rings is 1. The van der Waals surface area contributed by atoms with Gasteiger partial charge in [-0.15, -0.1) is 11.3 Å². The molecule has 0 aromatic carbocycles. The fraction of sp³-hybridized carbons (Fsp3) is 0.267. The van der Waals surface area contributed by atoms with Gasteiger partial charge >= 0.3 is 0 Å². The maximum absolute atomic E-state index is 8.66. The van der Waals surface area contributed by atoms with Gasteiger partial charge in [0, 0.05) is 24.2 Å². The van der Waals surface area contributed by atoms with E-state index in [0.29, 0.717) is 0 Å². The van der Waals surface area contributed by atoms with E-state index in [-0.39, 0.29) is 6.61 Å². The summed E-state index contributed by atoms with van der Waals surface area (Å²) in [5, 5.41) is 8.66. The molecular formula is C15H16N2OS. The van der Waals surface area contributed by atoms with Gasteiger partial charge in [-0.3, -0.25) is 9.88 Å². The van der Waals surface area contributed by atoms with Gasteiger partial charge < -0.3 is 5.11 Å². The van der Waals surface area contributed by atoms with Crippen LogP contribution in [0.4, 0.5) is 0 Å². The van der Waals surface area contributed by atoms with Crippen molar-refractivity contribution in [3.05, 3.63) is 52.0 Å². The molecule has 2 heterocycles. The van der Waals surface area contributed by atoms with Crippen LogP contribution in [0.3, 0.4) is 0 Å². The molecule has 98 valence electrons. The van der Waals surface area contributed by atoms with E-state index in [2.05, 4.69) is 34.8 Å². The SMILES string of the molecule is CN(Cc1ccccn1)Cc1ccc(C#CCO)s1. The molecule has 0 aliphatic carbocycles. The Morgan fingerprint density at radius 2 is 2.16 bits per heavy atom. The van der Waals surface area contributed by atoms with Crippen molar-refractivity contribution in [2.24, 2.45) is 0 Å². The summed E-state index contributed by atoms with van der Waals surface area (Å²) in [5.41, 5.74) is 1.07. The monoisotopic (exact) mass is 272 g/mol. The van der Waals surface area contributed by atoms with E-state index in [1.807, 2.05) is 30.5 Å². The van der Waals surface area contributed by atoms with Crippen LogP contribution in [0.1, 0.15) is 15.4 Å². The zero-order chi connectivity index (χ0) is 13.5. The molecule has 0 fully saturated rings. The number of aliphatic hydroxyl groups is 1. The summed E-state index contributed by atoms with van der Waals surface area (Å²) in [7, 11) is 2.08. The Bertz CT molecular complexity index is 569. The number of rotatable bonds is 4. The van der Waals surface area contributed by atoms with E-state index in [1.54, 1.807) is 11.3 Å². The first-order valence-electron chi connectivity index (χ1n) is 6.05. The number of pyridine rings is 1. The molecular weight excluding hydrogens is 256 g/mol. The smallest absolute Gasteiger partial charge is 0.104 e. The second-order valence-corrected chi connectivity index (χ2v) is 5.39. The lowest BCUT2D eigenvalue weighted by Gasteiger charge is -2.14. The van der Waals surface area contributed by atoms with Crippen molar-refractivity contribution in [2.45, 2.75) is 13.1 Å². The molecule has 1 N–H and O–H groups in total. The number of nitrogens with zero attached hydrogens (tertiary/aromatic N) is 2.